The molecule has 0 unspecified atom stereocenters. The Balaban J connectivity index is 1.40. The minimum Gasteiger partial charge on any atom is -0.487 e. The third kappa shape index (κ3) is 5.58. The van der Waals surface area contributed by atoms with Crippen LogP contribution in [0.3, 0.4) is 0 Å². The Kier molecular flexibility index (Phi) is 7.51. The number of carbonyl (C=O) groups is 2. The van der Waals surface area contributed by atoms with Gasteiger partial charge in [0.1, 0.15) is 12.4 Å². The lowest BCUT2D eigenvalue weighted by Gasteiger charge is -2.18. The molecular formula is C25H22Cl3N3O3. The Hall–Kier alpha value is -2.93. The molecule has 0 spiro atoms. The second-order valence-electron chi connectivity index (χ2n) is 7.98. The van der Waals surface area contributed by atoms with Crippen molar-refractivity contribution >= 4 is 58.0 Å². The van der Waals surface area contributed by atoms with Crippen molar-refractivity contribution in [1.29, 1.82) is 0 Å². The lowest BCUT2D eigenvalue weighted by atomic mass is 10.1. The van der Waals surface area contributed by atoms with Crippen molar-refractivity contribution < 1.29 is 14.3 Å². The van der Waals surface area contributed by atoms with E-state index in [1.165, 1.54) is 0 Å². The standard InChI is InChI=1S/C25H22Cl3N3O3/c1-15-5-8-18(9-6-15)31-13-16(11-24(31)32)25(33)30-29-22-12-17(26)7-10-23(22)34-14-19-20(27)3-2-4-21(19)28/h2-10,12,16,29H,11,13-14H2,1H3,(H,30,33)/t16-/m0/s1. The second kappa shape index (κ2) is 10.6. The molecule has 2 amide bonds. The molecule has 0 radical (unpaired) electrons. The van der Waals surface area contributed by atoms with Gasteiger partial charge in [0, 0.05) is 39.3 Å². The summed E-state index contributed by atoms with van der Waals surface area (Å²) < 4.78 is 5.90. The molecule has 9 heteroatoms. The Morgan fingerprint density at radius 1 is 1.06 bits per heavy atom. The van der Waals surface area contributed by atoms with Crippen LogP contribution in [-0.4, -0.2) is 18.4 Å². The maximum Gasteiger partial charge on any atom is 0.243 e. The summed E-state index contributed by atoms with van der Waals surface area (Å²) in [5.74, 6) is -0.438. The van der Waals surface area contributed by atoms with Gasteiger partial charge in [-0.1, -0.05) is 58.6 Å². The van der Waals surface area contributed by atoms with Gasteiger partial charge in [-0.2, -0.15) is 0 Å². The number of ether oxygens (including phenoxy) is 1. The highest BCUT2D eigenvalue weighted by atomic mass is 35.5. The average Bonchev–Trinajstić information content (AvgIpc) is 3.20. The van der Waals surface area contributed by atoms with Crippen LogP contribution in [0.15, 0.2) is 60.7 Å². The van der Waals surface area contributed by atoms with Gasteiger partial charge in [-0.3, -0.25) is 20.4 Å². The van der Waals surface area contributed by atoms with Gasteiger partial charge >= 0.3 is 0 Å². The van der Waals surface area contributed by atoms with Crippen LogP contribution in [-0.2, 0) is 16.2 Å². The number of hydrogen-bond donors (Lipinski definition) is 2. The van der Waals surface area contributed by atoms with Gasteiger partial charge in [0.25, 0.3) is 0 Å². The van der Waals surface area contributed by atoms with E-state index in [1.54, 1.807) is 41.3 Å². The van der Waals surface area contributed by atoms with E-state index in [0.717, 1.165) is 11.3 Å². The third-order valence-corrected chi connectivity index (χ3v) is 6.48. The highest BCUT2D eigenvalue weighted by Gasteiger charge is 2.35. The van der Waals surface area contributed by atoms with Gasteiger partial charge in [-0.25, -0.2) is 0 Å². The molecule has 3 aromatic rings. The summed E-state index contributed by atoms with van der Waals surface area (Å²) in [4.78, 5) is 26.9. The second-order valence-corrected chi connectivity index (χ2v) is 9.24. The van der Waals surface area contributed by atoms with Gasteiger partial charge in [0.05, 0.1) is 11.6 Å². The van der Waals surface area contributed by atoms with Crippen LogP contribution in [0.4, 0.5) is 11.4 Å². The fourth-order valence-electron chi connectivity index (χ4n) is 3.63. The van der Waals surface area contributed by atoms with Crippen LogP contribution in [0.1, 0.15) is 17.5 Å². The van der Waals surface area contributed by atoms with Crippen LogP contribution in [0.5, 0.6) is 5.75 Å². The first-order valence-corrected chi connectivity index (χ1v) is 11.7. The van der Waals surface area contributed by atoms with Crippen LogP contribution < -0.4 is 20.5 Å². The highest BCUT2D eigenvalue weighted by Crippen LogP contribution is 2.31. The molecule has 6 nitrogen and oxygen atoms in total. The number of rotatable bonds is 7. The number of amides is 2. The predicted octanol–water partition coefficient (Wildman–Crippen LogP) is 6.03. The molecule has 1 aliphatic heterocycles. The molecule has 2 N–H and O–H groups in total. The van der Waals surface area contributed by atoms with Crippen molar-refractivity contribution in [3.05, 3.63) is 86.9 Å². The van der Waals surface area contributed by atoms with Crippen LogP contribution in [0, 0.1) is 12.8 Å². The quantitative estimate of drug-likeness (QED) is 0.375. The largest absolute Gasteiger partial charge is 0.487 e. The number of hydrogen-bond acceptors (Lipinski definition) is 4. The highest BCUT2D eigenvalue weighted by molar-refractivity contribution is 6.36. The molecule has 0 saturated carbocycles. The first kappa shape index (κ1) is 24.2. The third-order valence-electron chi connectivity index (χ3n) is 5.54. The monoisotopic (exact) mass is 517 g/mol. The Bertz CT molecular complexity index is 1200. The van der Waals surface area contributed by atoms with E-state index in [1.807, 2.05) is 31.2 Å². The Morgan fingerprint density at radius 3 is 2.47 bits per heavy atom. The zero-order valence-electron chi connectivity index (χ0n) is 18.3. The van der Waals surface area contributed by atoms with Crippen molar-refractivity contribution in [3.8, 4) is 5.75 Å². The SMILES string of the molecule is Cc1ccc(N2C[C@@H](C(=O)NNc3cc(Cl)ccc3OCc3c(Cl)cccc3Cl)CC2=O)cc1. The molecular weight excluding hydrogens is 497 g/mol. The number of halogens is 3. The predicted molar refractivity (Wildman–Crippen MR) is 136 cm³/mol. The van der Waals surface area contributed by atoms with Crippen LogP contribution in [0.2, 0.25) is 15.1 Å². The van der Waals surface area contributed by atoms with E-state index in [0.29, 0.717) is 38.6 Å². The molecule has 1 heterocycles. The Labute approximate surface area is 212 Å². The fourth-order valence-corrected chi connectivity index (χ4v) is 4.31. The van der Waals surface area contributed by atoms with E-state index < -0.39 is 5.92 Å². The summed E-state index contributed by atoms with van der Waals surface area (Å²) in [7, 11) is 0. The van der Waals surface area contributed by atoms with Gasteiger partial charge < -0.3 is 9.64 Å². The molecule has 0 aromatic heterocycles. The molecule has 0 aliphatic carbocycles. The summed E-state index contributed by atoms with van der Waals surface area (Å²) in [5, 5.41) is 1.45. The van der Waals surface area contributed by atoms with Crippen molar-refractivity contribution in [3.63, 3.8) is 0 Å². The number of carbonyl (C=O) groups excluding carboxylic acids is 2. The summed E-state index contributed by atoms with van der Waals surface area (Å²) in [5.41, 5.74) is 8.53. The summed E-state index contributed by atoms with van der Waals surface area (Å²) in [6, 6.07) is 17.8. The fraction of sp³-hybridized carbons (Fsp3) is 0.200. The van der Waals surface area contributed by atoms with E-state index in [4.69, 9.17) is 39.5 Å². The van der Waals surface area contributed by atoms with Crippen molar-refractivity contribution in [2.45, 2.75) is 20.0 Å². The van der Waals surface area contributed by atoms with E-state index in [2.05, 4.69) is 10.9 Å². The van der Waals surface area contributed by atoms with Gasteiger partial charge in [-0.05, 0) is 49.4 Å². The normalized spacial score (nSPS) is 15.4. The number of nitrogens with one attached hydrogen (secondary N) is 2. The first-order valence-electron chi connectivity index (χ1n) is 10.6. The van der Waals surface area contributed by atoms with Gasteiger partial charge in [0.2, 0.25) is 11.8 Å². The number of benzene rings is 3. The van der Waals surface area contributed by atoms with Crippen molar-refractivity contribution in [2.75, 3.05) is 16.9 Å². The lowest BCUT2D eigenvalue weighted by Crippen LogP contribution is -2.36. The van der Waals surface area contributed by atoms with Gasteiger partial charge in [-0.15, -0.1) is 0 Å². The van der Waals surface area contributed by atoms with Crippen molar-refractivity contribution in [1.82, 2.24) is 5.43 Å². The molecule has 176 valence electrons. The van der Waals surface area contributed by atoms with E-state index in [9.17, 15) is 9.59 Å². The van der Waals surface area contributed by atoms with Crippen LogP contribution in [0.25, 0.3) is 0 Å². The maximum atomic E-state index is 12.8. The molecule has 0 bridgehead atoms. The van der Waals surface area contributed by atoms with Crippen LogP contribution >= 0.6 is 34.8 Å². The first-order chi connectivity index (χ1) is 16.3. The summed E-state index contributed by atoms with van der Waals surface area (Å²) in [6.07, 6.45) is 0.130. The maximum absolute atomic E-state index is 12.8. The Morgan fingerprint density at radius 2 is 1.76 bits per heavy atom. The topological polar surface area (TPSA) is 70.7 Å². The minimum absolute atomic E-state index is 0.0904. The van der Waals surface area contributed by atoms with E-state index >= 15 is 0 Å². The molecule has 4 rings (SSSR count). The minimum atomic E-state index is -0.494. The number of anilines is 2. The molecule has 1 atom stereocenters. The summed E-state index contributed by atoms with van der Waals surface area (Å²) in [6.45, 7) is 2.42. The average molecular weight is 519 g/mol. The zero-order valence-corrected chi connectivity index (χ0v) is 20.5. The zero-order chi connectivity index (χ0) is 24.2. The smallest absolute Gasteiger partial charge is 0.243 e. The number of hydrazine groups is 1. The van der Waals surface area contributed by atoms with Gasteiger partial charge in [0.15, 0.2) is 0 Å². The number of nitrogens with zero attached hydrogens (tertiary/aromatic N) is 1. The molecule has 1 fully saturated rings. The molecule has 1 saturated heterocycles. The summed E-state index contributed by atoms with van der Waals surface area (Å²) >= 11 is 18.6. The molecule has 1 aliphatic rings. The van der Waals surface area contributed by atoms with Crippen molar-refractivity contribution in [2.24, 2.45) is 5.92 Å². The number of aryl methyl sites for hydroxylation is 1. The molecule has 34 heavy (non-hydrogen) atoms. The van der Waals surface area contributed by atoms with E-state index in [-0.39, 0.29) is 24.8 Å². The lowest BCUT2D eigenvalue weighted by molar-refractivity contribution is -0.125. The molecule has 3 aromatic carbocycles.